The Labute approximate surface area is 135 Å². The van der Waals surface area contributed by atoms with Crippen LogP contribution in [-0.4, -0.2) is 53.0 Å². The lowest BCUT2D eigenvalue weighted by molar-refractivity contribution is -0.155. The van der Waals surface area contributed by atoms with Gasteiger partial charge in [0.05, 0.1) is 0 Å². The number of hydrogen-bond donors (Lipinski definition) is 1. The zero-order chi connectivity index (χ0) is 16.1. The highest BCUT2D eigenvalue weighted by Gasteiger charge is 2.28. The van der Waals surface area contributed by atoms with Gasteiger partial charge in [-0.25, -0.2) is 0 Å². The second-order valence-electron chi connectivity index (χ2n) is 6.04. The first-order valence-corrected chi connectivity index (χ1v) is 8.87. The van der Waals surface area contributed by atoms with E-state index in [0.29, 0.717) is 18.2 Å². The van der Waals surface area contributed by atoms with E-state index >= 15 is 0 Å². The average Bonchev–Trinajstić information content (AvgIpc) is 2.86. The first-order chi connectivity index (χ1) is 10.5. The van der Waals surface area contributed by atoms with E-state index in [1.54, 1.807) is 6.92 Å². The predicted octanol–water partition coefficient (Wildman–Crippen LogP) is 1.78. The van der Waals surface area contributed by atoms with Gasteiger partial charge in [0.15, 0.2) is 6.10 Å². The van der Waals surface area contributed by atoms with Crippen LogP contribution in [0.25, 0.3) is 0 Å². The topological polar surface area (TPSA) is 75.7 Å². The van der Waals surface area contributed by atoms with Crippen molar-refractivity contribution in [3.8, 4) is 0 Å². The Morgan fingerprint density at radius 3 is 2.77 bits per heavy atom. The molecule has 2 rings (SSSR count). The number of rotatable bonds is 5. The molecule has 0 aromatic heterocycles. The van der Waals surface area contributed by atoms with Crippen molar-refractivity contribution in [2.24, 2.45) is 5.92 Å². The minimum atomic E-state index is -0.827. The predicted molar refractivity (Wildman–Crippen MR) is 84.5 cm³/mol. The molecule has 1 saturated heterocycles. The number of thioether (sulfide) groups is 1. The Morgan fingerprint density at radius 1 is 1.41 bits per heavy atom. The molecule has 1 N–H and O–H groups in total. The summed E-state index contributed by atoms with van der Waals surface area (Å²) in [5.41, 5.74) is 0. The summed E-state index contributed by atoms with van der Waals surface area (Å²) in [6, 6.07) is 0.166. The third kappa shape index (κ3) is 4.63. The molecule has 0 radical (unpaired) electrons. The van der Waals surface area contributed by atoms with Gasteiger partial charge in [0, 0.05) is 18.3 Å². The van der Waals surface area contributed by atoms with E-state index in [1.165, 1.54) is 23.1 Å². The van der Waals surface area contributed by atoms with Gasteiger partial charge in [0.25, 0.3) is 11.1 Å². The van der Waals surface area contributed by atoms with E-state index in [2.05, 4.69) is 12.2 Å². The summed E-state index contributed by atoms with van der Waals surface area (Å²) in [7, 11) is 0. The molecule has 1 saturated carbocycles. The maximum Gasteiger partial charge on any atom is 0.326 e. The van der Waals surface area contributed by atoms with Gasteiger partial charge in [-0.1, -0.05) is 31.5 Å². The van der Waals surface area contributed by atoms with E-state index in [1.807, 2.05) is 0 Å². The fourth-order valence-electron chi connectivity index (χ4n) is 2.84. The summed E-state index contributed by atoms with van der Waals surface area (Å²) < 4.78 is 5.15. The van der Waals surface area contributed by atoms with Crippen LogP contribution in [0.1, 0.15) is 39.5 Å². The number of nitrogens with zero attached hydrogens (tertiary/aromatic N) is 1. The highest BCUT2D eigenvalue weighted by Crippen LogP contribution is 2.23. The van der Waals surface area contributed by atoms with Crippen LogP contribution in [0, 0.1) is 5.92 Å². The number of carbonyl (C=O) groups excluding carboxylic acids is 3. The van der Waals surface area contributed by atoms with Crippen molar-refractivity contribution in [2.75, 3.05) is 18.8 Å². The highest BCUT2D eigenvalue weighted by molar-refractivity contribution is 8.13. The van der Waals surface area contributed by atoms with E-state index < -0.39 is 12.1 Å². The second-order valence-corrected chi connectivity index (χ2v) is 7.09. The fourth-order valence-corrected chi connectivity index (χ4v) is 3.67. The van der Waals surface area contributed by atoms with E-state index in [9.17, 15) is 14.4 Å². The van der Waals surface area contributed by atoms with Crippen LogP contribution in [0.4, 0.5) is 4.79 Å². The van der Waals surface area contributed by atoms with Gasteiger partial charge >= 0.3 is 5.97 Å². The van der Waals surface area contributed by atoms with Crippen LogP contribution >= 0.6 is 11.8 Å². The molecule has 0 spiro atoms. The van der Waals surface area contributed by atoms with Crippen LogP contribution < -0.4 is 5.32 Å². The quantitative estimate of drug-likeness (QED) is 0.779. The molecule has 0 aromatic carbocycles. The molecule has 3 atom stereocenters. The third-order valence-electron chi connectivity index (χ3n) is 4.28. The summed E-state index contributed by atoms with van der Waals surface area (Å²) in [5.74, 6) is 0.367. The lowest BCUT2D eigenvalue weighted by Gasteiger charge is -2.30. The molecule has 0 bridgehead atoms. The van der Waals surface area contributed by atoms with Crippen molar-refractivity contribution >= 4 is 28.9 Å². The first-order valence-electron chi connectivity index (χ1n) is 7.89. The van der Waals surface area contributed by atoms with Crippen LogP contribution in [0.2, 0.25) is 0 Å². The summed E-state index contributed by atoms with van der Waals surface area (Å²) in [5, 5.41) is 2.87. The van der Waals surface area contributed by atoms with Crippen LogP contribution in [0.5, 0.6) is 0 Å². The Balaban J connectivity index is 1.75. The van der Waals surface area contributed by atoms with E-state index in [-0.39, 0.29) is 23.7 Å². The third-order valence-corrected chi connectivity index (χ3v) is 5.17. The number of hydrogen-bond acceptors (Lipinski definition) is 5. The van der Waals surface area contributed by atoms with Gasteiger partial charge < -0.3 is 15.0 Å². The summed E-state index contributed by atoms with van der Waals surface area (Å²) in [4.78, 5) is 36.8. The lowest BCUT2D eigenvalue weighted by atomic mass is 9.86. The summed E-state index contributed by atoms with van der Waals surface area (Å²) >= 11 is 1.20. The number of nitrogens with one attached hydrogen (secondary N) is 1. The molecule has 124 valence electrons. The van der Waals surface area contributed by atoms with Gasteiger partial charge in [-0.2, -0.15) is 0 Å². The Kier molecular flexibility index (Phi) is 6.11. The van der Waals surface area contributed by atoms with Gasteiger partial charge in [-0.15, -0.1) is 0 Å². The molecule has 1 heterocycles. The smallest absolute Gasteiger partial charge is 0.326 e. The van der Waals surface area contributed by atoms with Crippen molar-refractivity contribution < 1.29 is 19.1 Å². The van der Waals surface area contributed by atoms with Crippen molar-refractivity contribution in [1.82, 2.24) is 10.2 Å². The normalized spacial score (nSPS) is 26.6. The Bertz CT molecular complexity index is 443. The number of esters is 1. The maximum atomic E-state index is 12.1. The minimum absolute atomic E-state index is 0.0801. The number of ether oxygens (including phenoxy) is 1. The molecule has 7 heteroatoms. The summed E-state index contributed by atoms with van der Waals surface area (Å²) in [6.45, 7) is 4.18. The molecule has 22 heavy (non-hydrogen) atoms. The van der Waals surface area contributed by atoms with Gasteiger partial charge in [0.2, 0.25) is 0 Å². The second kappa shape index (κ2) is 7.85. The van der Waals surface area contributed by atoms with Crippen LogP contribution in [0.15, 0.2) is 0 Å². The molecular weight excluding hydrogens is 304 g/mol. The van der Waals surface area contributed by atoms with Crippen LogP contribution in [0.3, 0.4) is 0 Å². The fraction of sp³-hybridized carbons (Fsp3) is 0.800. The van der Waals surface area contributed by atoms with E-state index in [4.69, 9.17) is 4.74 Å². The van der Waals surface area contributed by atoms with Crippen molar-refractivity contribution in [2.45, 2.75) is 51.7 Å². The molecule has 2 aliphatic rings. The lowest BCUT2D eigenvalue weighted by Crippen LogP contribution is -2.46. The minimum Gasteiger partial charge on any atom is -0.451 e. The highest BCUT2D eigenvalue weighted by atomic mass is 32.2. The Hall–Kier alpha value is -1.24. The zero-order valence-electron chi connectivity index (χ0n) is 13.2. The maximum absolute atomic E-state index is 12.1. The van der Waals surface area contributed by atoms with Gasteiger partial charge in [0.1, 0.15) is 6.54 Å². The summed E-state index contributed by atoms with van der Waals surface area (Å²) in [6.07, 6.45) is 3.60. The molecule has 6 nitrogen and oxygen atoms in total. The monoisotopic (exact) mass is 328 g/mol. The largest absolute Gasteiger partial charge is 0.451 e. The zero-order valence-corrected chi connectivity index (χ0v) is 14.0. The molecule has 2 fully saturated rings. The number of amides is 2. The van der Waals surface area contributed by atoms with Crippen LogP contribution in [-0.2, 0) is 14.3 Å². The first kappa shape index (κ1) is 17.1. The molecule has 1 aliphatic heterocycles. The van der Waals surface area contributed by atoms with Gasteiger partial charge in [-0.3, -0.25) is 14.4 Å². The Morgan fingerprint density at radius 2 is 2.14 bits per heavy atom. The van der Waals surface area contributed by atoms with Gasteiger partial charge in [-0.05, 0) is 25.7 Å². The van der Waals surface area contributed by atoms with Crippen molar-refractivity contribution in [3.05, 3.63) is 0 Å². The molecular formula is C15H24N2O4S. The molecule has 1 aliphatic carbocycles. The molecule has 0 aromatic rings. The molecule has 2 amide bonds. The van der Waals surface area contributed by atoms with E-state index in [0.717, 1.165) is 19.3 Å². The molecule has 0 unspecified atom stereocenters. The van der Waals surface area contributed by atoms with Crippen molar-refractivity contribution in [3.63, 3.8) is 0 Å². The number of carbonyl (C=O) groups is 3. The average molecular weight is 328 g/mol. The SMILES string of the molecule is C[C@@H]1CCCC[C@H]1NC(=O)[C@@H](C)OC(=O)CN1CCSC1=O. The van der Waals surface area contributed by atoms with Crippen molar-refractivity contribution in [1.29, 1.82) is 0 Å². The standard InChI is InChI=1S/C15H24N2O4S/c1-10-5-3-4-6-12(10)16-14(19)11(2)21-13(18)9-17-7-8-22-15(17)20/h10-12H,3-9H2,1-2H3,(H,16,19)/t10-,11-,12-/m1/s1.